The van der Waals surface area contributed by atoms with Crippen LogP contribution in [0.4, 0.5) is 26.3 Å². The molecule has 3 rings (SSSR count). The summed E-state index contributed by atoms with van der Waals surface area (Å²) in [5.41, 5.74) is 0.162. The highest BCUT2D eigenvalue weighted by Crippen LogP contribution is 2.49. The molecule has 1 saturated carbocycles. The van der Waals surface area contributed by atoms with E-state index < -0.39 is 30.5 Å². The lowest BCUT2D eigenvalue weighted by atomic mass is 9.68. The Kier molecular flexibility index (Phi) is 6.97. The van der Waals surface area contributed by atoms with Gasteiger partial charge in [-0.2, -0.15) is 26.3 Å². The summed E-state index contributed by atoms with van der Waals surface area (Å²) >= 11 is 6.25. The first-order valence-electron chi connectivity index (χ1n) is 9.77. The van der Waals surface area contributed by atoms with Crippen LogP contribution >= 0.6 is 11.6 Å². The third kappa shape index (κ3) is 5.88. The van der Waals surface area contributed by atoms with E-state index in [2.05, 4.69) is 0 Å². The van der Waals surface area contributed by atoms with Crippen LogP contribution in [0.15, 0.2) is 36.4 Å². The highest BCUT2D eigenvalue weighted by atomic mass is 35.5. The van der Waals surface area contributed by atoms with Crippen LogP contribution in [0.3, 0.4) is 0 Å². The quantitative estimate of drug-likeness (QED) is 0.422. The number of aliphatic carboxylic acids is 1. The summed E-state index contributed by atoms with van der Waals surface area (Å²) in [4.78, 5) is 10.9. The molecule has 0 heterocycles. The van der Waals surface area contributed by atoms with Crippen LogP contribution in [0.1, 0.15) is 42.7 Å². The molecule has 1 aliphatic carbocycles. The second-order valence-electron chi connectivity index (χ2n) is 7.73. The predicted molar refractivity (Wildman–Crippen MR) is 106 cm³/mol. The fourth-order valence-corrected chi connectivity index (χ4v) is 4.13. The second-order valence-corrected chi connectivity index (χ2v) is 8.14. The van der Waals surface area contributed by atoms with E-state index in [1.807, 2.05) is 0 Å². The van der Waals surface area contributed by atoms with Gasteiger partial charge in [-0.15, -0.1) is 0 Å². The maximum atomic E-state index is 12.9. The van der Waals surface area contributed by atoms with Crippen molar-refractivity contribution in [1.82, 2.24) is 0 Å². The van der Waals surface area contributed by atoms with Gasteiger partial charge < -0.3 is 9.84 Å². The molecule has 3 nitrogen and oxygen atoms in total. The number of carboxylic acid groups (broad SMARTS) is 1. The molecule has 1 N–H and O–H groups in total. The van der Waals surface area contributed by atoms with Crippen LogP contribution in [0.25, 0.3) is 11.1 Å². The van der Waals surface area contributed by atoms with E-state index in [1.165, 1.54) is 6.07 Å². The smallest absolute Gasteiger partial charge is 0.422 e. The standard InChI is InChI=1S/C22H19ClF6O3/c23-18-10-14(16-7-3-12(16)4-8-19(30)31)9-17(20(18)32-11-21(24,25)26)13-1-5-15(6-2-13)22(27,28)29/h1-2,5-6,9-10,12,16H,3-4,7-8,11H2,(H,30,31). The molecule has 174 valence electrons. The zero-order valence-corrected chi connectivity index (χ0v) is 17.3. The molecule has 2 aromatic carbocycles. The van der Waals surface area contributed by atoms with E-state index in [0.717, 1.165) is 37.1 Å². The van der Waals surface area contributed by atoms with Gasteiger partial charge >= 0.3 is 18.3 Å². The molecule has 2 aromatic rings. The van der Waals surface area contributed by atoms with Crippen molar-refractivity contribution in [2.24, 2.45) is 5.92 Å². The molecule has 0 saturated heterocycles. The molecule has 0 aromatic heterocycles. The Hall–Kier alpha value is -2.42. The maximum Gasteiger partial charge on any atom is 0.422 e. The van der Waals surface area contributed by atoms with Gasteiger partial charge in [-0.3, -0.25) is 4.79 Å². The molecule has 0 radical (unpaired) electrons. The molecule has 1 fully saturated rings. The van der Waals surface area contributed by atoms with Crippen LogP contribution in [-0.4, -0.2) is 23.9 Å². The third-order valence-electron chi connectivity index (χ3n) is 5.54. The Balaban J connectivity index is 1.98. The van der Waals surface area contributed by atoms with Gasteiger partial charge in [0.1, 0.15) is 5.75 Å². The predicted octanol–water partition coefficient (Wildman–Crippen LogP) is 7.33. The molecule has 10 heteroatoms. The number of hydrogen-bond acceptors (Lipinski definition) is 2. The molecule has 0 spiro atoms. The highest BCUT2D eigenvalue weighted by molar-refractivity contribution is 6.32. The monoisotopic (exact) mass is 480 g/mol. The number of hydrogen-bond donors (Lipinski definition) is 1. The lowest BCUT2D eigenvalue weighted by Gasteiger charge is -2.37. The Morgan fingerprint density at radius 2 is 1.72 bits per heavy atom. The first-order valence-corrected chi connectivity index (χ1v) is 10.2. The van der Waals surface area contributed by atoms with Crippen LogP contribution in [0, 0.1) is 5.92 Å². The van der Waals surface area contributed by atoms with Crippen molar-refractivity contribution in [3.8, 4) is 16.9 Å². The molecule has 32 heavy (non-hydrogen) atoms. The first-order chi connectivity index (χ1) is 14.8. The maximum absolute atomic E-state index is 12.9. The van der Waals surface area contributed by atoms with Crippen molar-refractivity contribution in [1.29, 1.82) is 0 Å². The van der Waals surface area contributed by atoms with Crippen molar-refractivity contribution in [3.05, 3.63) is 52.5 Å². The van der Waals surface area contributed by atoms with Crippen LogP contribution in [0.2, 0.25) is 5.02 Å². The molecule has 1 aliphatic rings. The summed E-state index contributed by atoms with van der Waals surface area (Å²) < 4.78 is 81.8. The topological polar surface area (TPSA) is 46.5 Å². The second kappa shape index (κ2) is 9.21. The average molecular weight is 481 g/mol. The minimum absolute atomic E-state index is 0.00651. The molecule has 0 amide bonds. The van der Waals surface area contributed by atoms with Crippen molar-refractivity contribution < 1.29 is 41.0 Å². The Bertz CT molecular complexity index is 969. The number of ether oxygens (including phenoxy) is 1. The van der Waals surface area contributed by atoms with E-state index >= 15 is 0 Å². The fourth-order valence-electron chi connectivity index (χ4n) is 3.84. The van der Waals surface area contributed by atoms with E-state index in [1.54, 1.807) is 6.07 Å². The average Bonchev–Trinajstić information content (AvgIpc) is 2.64. The van der Waals surface area contributed by atoms with Gasteiger partial charge in [0.2, 0.25) is 0 Å². The lowest BCUT2D eigenvalue weighted by Crippen LogP contribution is -2.25. The lowest BCUT2D eigenvalue weighted by molar-refractivity contribution is -0.153. The largest absolute Gasteiger partial charge is 0.482 e. The molecule has 2 atom stereocenters. The number of alkyl halides is 6. The van der Waals surface area contributed by atoms with Crippen molar-refractivity contribution in [2.75, 3.05) is 6.61 Å². The SMILES string of the molecule is O=C(O)CCC1CCC1c1cc(Cl)c(OCC(F)(F)F)c(-c2ccc(C(F)(F)F)cc2)c1. The number of benzene rings is 2. The zero-order valence-electron chi connectivity index (χ0n) is 16.6. The summed E-state index contributed by atoms with van der Waals surface area (Å²) in [6.07, 6.45) is -7.20. The van der Waals surface area contributed by atoms with E-state index in [9.17, 15) is 31.1 Å². The van der Waals surface area contributed by atoms with Gasteiger partial charge in [0.15, 0.2) is 6.61 Å². The summed E-state index contributed by atoms with van der Waals surface area (Å²) in [7, 11) is 0. The highest BCUT2D eigenvalue weighted by Gasteiger charge is 2.35. The molecule has 0 bridgehead atoms. The summed E-state index contributed by atoms with van der Waals surface area (Å²) in [5.74, 6) is -1.16. The van der Waals surface area contributed by atoms with E-state index in [0.29, 0.717) is 12.0 Å². The molecular formula is C22H19ClF6O3. The first kappa shape index (κ1) is 24.2. The van der Waals surface area contributed by atoms with E-state index in [-0.39, 0.29) is 40.2 Å². The number of carboxylic acids is 1. The Morgan fingerprint density at radius 3 is 2.22 bits per heavy atom. The minimum Gasteiger partial charge on any atom is -0.482 e. The number of halogens is 7. The Morgan fingerprint density at radius 1 is 1.06 bits per heavy atom. The number of carbonyl (C=O) groups is 1. The molecule has 0 aliphatic heterocycles. The van der Waals surface area contributed by atoms with E-state index in [4.69, 9.17) is 21.4 Å². The number of rotatable bonds is 7. The zero-order chi connectivity index (χ0) is 23.7. The van der Waals surface area contributed by atoms with Crippen LogP contribution < -0.4 is 4.74 Å². The van der Waals surface area contributed by atoms with Crippen molar-refractivity contribution >= 4 is 17.6 Å². The van der Waals surface area contributed by atoms with Gasteiger partial charge in [0, 0.05) is 12.0 Å². The summed E-state index contributed by atoms with van der Waals surface area (Å²) in [6.45, 7) is -1.61. The minimum atomic E-state index is -4.63. The van der Waals surface area contributed by atoms with Gasteiger partial charge in [-0.1, -0.05) is 23.7 Å². The normalized spacial score (nSPS) is 18.8. The van der Waals surface area contributed by atoms with Crippen molar-refractivity contribution in [3.63, 3.8) is 0 Å². The van der Waals surface area contributed by atoms with Gasteiger partial charge in [0.25, 0.3) is 0 Å². The molecule has 2 unspecified atom stereocenters. The van der Waals surface area contributed by atoms with Gasteiger partial charge in [-0.25, -0.2) is 0 Å². The third-order valence-corrected chi connectivity index (χ3v) is 5.82. The summed E-state index contributed by atoms with van der Waals surface area (Å²) in [5, 5.41) is 8.81. The van der Waals surface area contributed by atoms with Crippen LogP contribution in [-0.2, 0) is 11.0 Å². The molecular weight excluding hydrogens is 462 g/mol. The van der Waals surface area contributed by atoms with Gasteiger partial charge in [-0.05, 0) is 66.5 Å². The van der Waals surface area contributed by atoms with Crippen LogP contribution in [0.5, 0.6) is 5.75 Å². The Labute approximate surface area is 184 Å². The fraction of sp³-hybridized carbons (Fsp3) is 0.409. The van der Waals surface area contributed by atoms with Crippen molar-refractivity contribution in [2.45, 2.75) is 44.0 Å². The van der Waals surface area contributed by atoms with Gasteiger partial charge in [0.05, 0.1) is 10.6 Å². The summed E-state index contributed by atoms with van der Waals surface area (Å²) in [6, 6.07) is 7.03.